The molecule has 1 aromatic rings. The maximum absolute atomic E-state index is 13.3. The van der Waals surface area contributed by atoms with Crippen LogP contribution in [0.3, 0.4) is 0 Å². The number of hydrogen-bond acceptors (Lipinski definition) is 4. The molecule has 3 N–H and O–H groups in total. The van der Waals surface area contributed by atoms with Crippen molar-refractivity contribution >= 4 is 6.29 Å². The summed E-state index contributed by atoms with van der Waals surface area (Å²) >= 11 is 0. The maximum atomic E-state index is 13.3. The van der Waals surface area contributed by atoms with Crippen molar-refractivity contribution in [3.8, 4) is 0 Å². The lowest BCUT2D eigenvalue weighted by atomic mass is 10.00. The topological polar surface area (TPSA) is 77.8 Å². The van der Waals surface area contributed by atoms with Gasteiger partial charge in [-0.1, -0.05) is 0 Å². The second-order valence-electron chi connectivity index (χ2n) is 3.42. The number of benzene rings is 1. The molecule has 16 heavy (non-hydrogen) atoms. The first-order chi connectivity index (χ1) is 7.60. The fourth-order valence-electron chi connectivity index (χ4n) is 1.36. The lowest BCUT2D eigenvalue weighted by Crippen LogP contribution is -2.20. The Kier molecular flexibility index (Phi) is 4.54. The van der Waals surface area contributed by atoms with E-state index < -0.39 is 18.0 Å². The summed E-state index contributed by atoms with van der Waals surface area (Å²) in [6.45, 7) is -0.312. The Morgan fingerprint density at radius 3 is 2.62 bits per heavy atom. The fourth-order valence-corrected chi connectivity index (χ4v) is 1.36. The molecule has 0 aromatic heterocycles. The monoisotopic (exact) mass is 228 g/mol. The second kappa shape index (κ2) is 5.69. The average Bonchev–Trinajstić information content (AvgIpc) is 2.29. The van der Waals surface area contributed by atoms with Crippen molar-refractivity contribution in [2.45, 2.75) is 18.6 Å². The minimum Gasteiger partial charge on any atom is -0.396 e. The molecule has 88 valence electrons. The molecule has 0 radical (unpaired) electrons. The molecule has 2 unspecified atom stereocenters. The van der Waals surface area contributed by atoms with Crippen LogP contribution in [0.15, 0.2) is 18.2 Å². The third-order valence-corrected chi connectivity index (χ3v) is 2.26. The largest absolute Gasteiger partial charge is 0.396 e. The van der Waals surface area contributed by atoms with Gasteiger partial charge >= 0.3 is 0 Å². The maximum Gasteiger partial charge on any atom is 0.150 e. The molecule has 0 saturated carbocycles. The Morgan fingerprint density at radius 1 is 1.38 bits per heavy atom. The Bertz CT molecular complexity index is 367. The lowest BCUT2D eigenvalue weighted by Gasteiger charge is -2.18. The van der Waals surface area contributed by atoms with Gasteiger partial charge in [-0.15, -0.1) is 0 Å². The Hall–Kier alpha value is -1.30. The van der Waals surface area contributed by atoms with Gasteiger partial charge < -0.3 is 15.3 Å². The van der Waals surface area contributed by atoms with E-state index >= 15 is 0 Å². The number of hydrogen-bond donors (Lipinski definition) is 3. The summed E-state index contributed by atoms with van der Waals surface area (Å²) in [6.07, 6.45) is -2.26. The highest BCUT2D eigenvalue weighted by Crippen LogP contribution is 2.22. The Morgan fingerprint density at radius 2 is 2.06 bits per heavy atom. The van der Waals surface area contributed by atoms with Crippen LogP contribution in [0.2, 0.25) is 0 Å². The summed E-state index contributed by atoms with van der Waals surface area (Å²) in [4.78, 5) is 10.5. The first-order valence-electron chi connectivity index (χ1n) is 4.81. The van der Waals surface area contributed by atoms with Crippen molar-refractivity contribution in [1.29, 1.82) is 0 Å². The molecule has 0 bridgehead atoms. The summed E-state index contributed by atoms with van der Waals surface area (Å²) in [6, 6.07) is 3.50. The summed E-state index contributed by atoms with van der Waals surface area (Å²) in [7, 11) is 0. The number of carbonyl (C=O) groups excluding carboxylic acids is 1. The van der Waals surface area contributed by atoms with E-state index in [1.165, 1.54) is 12.1 Å². The van der Waals surface area contributed by atoms with Gasteiger partial charge in [0.05, 0.1) is 6.10 Å². The zero-order valence-electron chi connectivity index (χ0n) is 8.51. The van der Waals surface area contributed by atoms with E-state index in [0.717, 1.165) is 6.07 Å². The van der Waals surface area contributed by atoms with Crippen molar-refractivity contribution in [3.63, 3.8) is 0 Å². The van der Waals surface area contributed by atoms with E-state index in [0.29, 0.717) is 6.29 Å². The minimum absolute atomic E-state index is 0.0636. The Balaban J connectivity index is 2.97. The van der Waals surface area contributed by atoms with Gasteiger partial charge in [0, 0.05) is 17.7 Å². The molecule has 0 spiro atoms. The molecule has 0 heterocycles. The molecule has 2 atom stereocenters. The van der Waals surface area contributed by atoms with Crippen molar-refractivity contribution in [2.24, 2.45) is 0 Å². The van der Waals surface area contributed by atoms with Gasteiger partial charge in [-0.2, -0.15) is 0 Å². The van der Waals surface area contributed by atoms with Crippen LogP contribution in [0.25, 0.3) is 0 Å². The minimum atomic E-state index is -1.45. The number of carbonyl (C=O) groups is 1. The third-order valence-electron chi connectivity index (χ3n) is 2.26. The van der Waals surface area contributed by atoms with Crippen molar-refractivity contribution in [3.05, 3.63) is 35.1 Å². The molecule has 1 aromatic carbocycles. The molecule has 0 aliphatic carbocycles. The molecule has 0 fully saturated rings. The normalized spacial score (nSPS) is 14.5. The molecule has 0 aliphatic heterocycles. The van der Waals surface area contributed by atoms with Gasteiger partial charge in [-0.3, -0.25) is 4.79 Å². The molecular formula is C11H13FO4. The highest BCUT2D eigenvalue weighted by Gasteiger charge is 2.21. The van der Waals surface area contributed by atoms with Crippen LogP contribution in [0, 0.1) is 5.82 Å². The van der Waals surface area contributed by atoms with Crippen molar-refractivity contribution in [2.75, 3.05) is 6.61 Å². The van der Waals surface area contributed by atoms with Crippen molar-refractivity contribution < 1.29 is 24.5 Å². The Labute approximate surface area is 92.0 Å². The quantitative estimate of drug-likeness (QED) is 0.638. The predicted molar refractivity (Wildman–Crippen MR) is 54.5 cm³/mol. The molecular weight excluding hydrogens is 215 g/mol. The predicted octanol–water partition coefficient (Wildman–Crippen LogP) is 0.415. The van der Waals surface area contributed by atoms with Crippen LogP contribution in [-0.2, 0) is 0 Å². The first kappa shape index (κ1) is 12.8. The van der Waals surface area contributed by atoms with Gasteiger partial charge in [0.25, 0.3) is 0 Å². The molecule has 1 rings (SSSR count). The molecule has 0 aliphatic rings. The molecule has 0 amide bonds. The number of halogens is 1. The standard InChI is InChI=1S/C11H13FO4/c12-9-2-1-7(6-14)5-8(9)11(16)10(15)3-4-13/h1-2,5-6,10-11,13,15-16H,3-4H2. The highest BCUT2D eigenvalue weighted by molar-refractivity contribution is 5.75. The number of aldehydes is 1. The lowest BCUT2D eigenvalue weighted by molar-refractivity contribution is 0.00234. The highest BCUT2D eigenvalue weighted by atomic mass is 19.1. The van der Waals surface area contributed by atoms with Crippen LogP contribution in [0.1, 0.15) is 28.4 Å². The molecule has 5 heteroatoms. The number of aliphatic hydroxyl groups is 3. The van der Waals surface area contributed by atoms with E-state index in [4.69, 9.17) is 5.11 Å². The zero-order valence-corrected chi connectivity index (χ0v) is 8.51. The van der Waals surface area contributed by atoms with E-state index in [2.05, 4.69) is 0 Å². The molecule has 4 nitrogen and oxygen atoms in total. The summed E-state index contributed by atoms with van der Waals surface area (Å²) in [5.41, 5.74) is 0.0669. The first-order valence-corrected chi connectivity index (χ1v) is 4.81. The molecule has 0 saturated heterocycles. The third kappa shape index (κ3) is 2.85. The van der Waals surface area contributed by atoms with Gasteiger partial charge in [0.15, 0.2) is 0 Å². The van der Waals surface area contributed by atoms with Crippen molar-refractivity contribution in [1.82, 2.24) is 0 Å². The van der Waals surface area contributed by atoms with Gasteiger partial charge in [-0.05, 0) is 24.6 Å². The van der Waals surface area contributed by atoms with Gasteiger partial charge in [0.1, 0.15) is 18.2 Å². The smallest absolute Gasteiger partial charge is 0.150 e. The van der Waals surface area contributed by atoms with E-state index in [9.17, 15) is 19.4 Å². The van der Waals surface area contributed by atoms with E-state index in [-0.39, 0.29) is 24.2 Å². The SMILES string of the molecule is O=Cc1ccc(F)c(C(O)C(O)CCO)c1. The van der Waals surface area contributed by atoms with Gasteiger partial charge in [0.2, 0.25) is 0 Å². The van der Waals surface area contributed by atoms with E-state index in [1.54, 1.807) is 0 Å². The zero-order chi connectivity index (χ0) is 12.1. The summed E-state index contributed by atoms with van der Waals surface area (Å²) in [5, 5.41) is 27.6. The fraction of sp³-hybridized carbons (Fsp3) is 0.364. The van der Waals surface area contributed by atoms with Gasteiger partial charge in [-0.25, -0.2) is 4.39 Å². The summed E-state index contributed by atoms with van der Waals surface area (Å²) < 4.78 is 13.3. The van der Waals surface area contributed by atoms with Crippen LogP contribution < -0.4 is 0 Å². The van der Waals surface area contributed by atoms with Crippen LogP contribution in [-0.4, -0.2) is 34.3 Å². The average molecular weight is 228 g/mol. The van der Waals surface area contributed by atoms with Crippen LogP contribution in [0.5, 0.6) is 0 Å². The second-order valence-corrected chi connectivity index (χ2v) is 3.42. The van der Waals surface area contributed by atoms with E-state index in [1.807, 2.05) is 0 Å². The number of rotatable bonds is 5. The van der Waals surface area contributed by atoms with Crippen LogP contribution in [0.4, 0.5) is 4.39 Å². The van der Waals surface area contributed by atoms with Crippen LogP contribution >= 0.6 is 0 Å². The summed E-state index contributed by atoms with van der Waals surface area (Å²) in [5.74, 6) is -0.699. The number of aliphatic hydroxyl groups excluding tert-OH is 3.